The number of hydrogen-bond acceptors (Lipinski definition) is 3. The smallest absolute Gasteiger partial charge is 0.289 e. The number of carbonyl (C=O) groups is 1. The van der Waals surface area contributed by atoms with Crippen molar-refractivity contribution < 1.29 is 13.9 Å². The minimum absolute atomic E-state index is 0.249. The highest BCUT2D eigenvalue weighted by Crippen LogP contribution is 2.22. The summed E-state index contributed by atoms with van der Waals surface area (Å²) < 4.78 is 16.1. The van der Waals surface area contributed by atoms with Crippen molar-refractivity contribution in [2.45, 2.75) is 0 Å². The molecule has 1 atom stereocenters. The van der Waals surface area contributed by atoms with Gasteiger partial charge in [0, 0.05) is 0 Å². The Morgan fingerprint density at radius 3 is 2.71 bits per heavy atom. The molecule has 1 rings (SSSR count). The molecule has 0 amide bonds. The topological polar surface area (TPSA) is 43.4 Å². The Hall–Kier alpha value is -1.31. The van der Waals surface area contributed by atoms with Crippen LogP contribution in [0, 0.1) is 0 Å². The van der Waals surface area contributed by atoms with Gasteiger partial charge < -0.3 is 0 Å². The second-order valence-corrected chi connectivity index (χ2v) is 3.89. The third-order valence-electron chi connectivity index (χ3n) is 1.72. The average Bonchev–Trinajstić information content (AvgIpc) is 2.27. The van der Waals surface area contributed by atoms with E-state index in [1.165, 1.54) is 13.2 Å². The summed E-state index contributed by atoms with van der Waals surface area (Å²) in [6.45, 7) is 3.38. The Bertz CT molecular complexity index is 385. The van der Waals surface area contributed by atoms with E-state index in [0.717, 1.165) is 0 Å². The Kier molecular flexibility index (Phi) is 3.69. The fraction of sp³-hybridized carbons (Fsp3) is 0.100. The third-order valence-corrected chi connectivity index (χ3v) is 2.83. The molecule has 1 unspecified atom stereocenters. The second-order valence-electron chi connectivity index (χ2n) is 2.53. The molecular weight excluding hydrogens is 199 g/mol. The lowest BCUT2D eigenvalue weighted by Crippen LogP contribution is -2.10. The molecule has 0 fully saturated rings. The molecule has 0 saturated heterocycles. The van der Waals surface area contributed by atoms with Crippen LogP contribution in [-0.4, -0.2) is 12.9 Å². The maximum atomic E-state index is 11.4. The number of carbonyl (C=O) groups excluding carboxylic acids is 1. The van der Waals surface area contributed by atoms with Crippen LogP contribution in [-0.2, 0) is 9.09 Å². The number of rotatable bonds is 4. The van der Waals surface area contributed by atoms with Crippen LogP contribution in [0.1, 0.15) is 10.4 Å². The highest BCUT2D eigenvalue weighted by Gasteiger charge is 2.26. The summed E-state index contributed by atoms with van der Waals surface area (Å²) in [5.74, 6) is -0.249. The Labute approximate surface area is 83.3 Å². The van der Waals surface area contributed by atoms with Gasteiger partial charge in [0.1, 0.15) is 0 Å². The van der Waals surface area contributed by atoms with Gasteiger partial charge in [0.05, 0.1) is 12.7 Å². The summed E-state index contributed by atoms with van der Waals surface area (Å²) in [6.07, 6.45) is 1.19. The van der Waals surface area contributed by atoms with Crippen LogP contribution < -0.4 is 5.30 Å². The predicted molar refractivity (Wildman–Crippen MR) is 55.2 cm³/mol. The Balaban J connectivity index is 3.22. The molecule has 1 aromatic carbocycles. The zero-order chi connectivity index (χ0) is 10.6. The second kappa shape index (κ2) is 4.80. The van der Waals surface area contributed by atoms with E-state index in [1.807, 2.05) is 0 Å². The van der Waals surface area contributed by atoms with Crippen molar-refractivity contribution in [3.8, 4) is 0 Å². The molecule has 0 radical (unpaired) electrons. The maximum absolute atomic E-state index is 11.4. The highest BCUT2D eigenvalue weighted by atomic mass is 31.1. The van der Waals surface area contributed by atoms with E-state index in [2.05, 4.69) is 6.58 Å². The van der Waals surface area contributed by atoms with Crippen molar-refractivity contribution in [1.82, 2.24) is 0 Å². The minimum atomic E-state index is -1.95. The standard InChI is InChI=1S/C10H10O3P/c1-3-9(11)8-6-4-5-7-10(8)14(12)13-2/h3-7H,1H2,2H3/q+1. The molecule has 3 nitrogen and oxygen atoms in total. The van der Waals surface area contributed by atoms with Crippen LogP contribution in [0.3, 0.4) is 0 Å². The van der Waals surface area contributed by atoms with Gasteiger partial charge >= 0.3 is 8.03 Å². The van der Waals surface area contributed by atoms with Gasteiger partial charge in [0.25, 0.3) is 0 Å². The van der Waals surface area contributed by atoms with Gasteiger partial charge in [-0.05, 0) is 22.8 Å². The lowest BCUT2D eigenvalue weighted by atomic mass is 10.1. The number of ketones is 1. The van der Waals surface area contributed by atoms with Gasteiger partial charge in [-0.1, -0.05) is 18.7 Å². The molecule has 0 N–H and O–H groups in total. The summed E-state index contributed by atoms with van der Waals surface area (Å²) in [5, 5.41) is 0.412. The quantitative estimate of drug-likeness (QED) is 0.433. The number of allylic oxidation sites excluding steroid dienone is 1. The highest BCUT2D eigenvalue weighted by molar-refractivity contribution is 7.48. The summed E-state index contributed by atoms with van der Waals surface area (Å²) in [7, 11) is -0.610. The van der Waals surface area contributed by atoms with E-state index in [1.54, 1.807) is 24.3 Å². The van der Waals surface area contributed by atoms with Gasteiger partial charge in [-0.3, -0.25) is 4.79 Å². The van der Waals surface area contributed by atoms with E-state index in [0.29, 0.717) is 10.9 Å². The SMILES string of the molecule is C=CC(=O)c1ccccc1[P+](=O)OC. The normalized spacial score (nSPS) is 10.8. The lowest BCUT2D eigenvalue weighted by Gasteiger charge is -1.94. The molecule has 0 spiro atoms. The predicted octanol–water partition coefficient (Wildman–Crippen LogP) is 2.07. The third kappa shape index (κ3) is 2.13. The number of benzene rings is 1. The van der Waals surface area contributed by atoms with Crippen molar-refractivity contribution in [2.75, 3.05) is 7.11 Å². The monoisotopic (exact) mass is 209 g/mol. The van der Waals surface area contributed by atoms with Crippen LogP contribution in [0.5, 0.6) is 0 Å². The molecular formula is C10H10O3P+. The first-order valence-electron chi connectivity index (χ1n) is 3.98. The van der Waals surface area contributed by atoms with Gasteiger partial charge in [0.15, 0.2) is 5.78 Å². The van der Waals surface area contributed by atoms with Crippen LogP contribution in [0.4, 0.5) is 0 Å². The first-order valence-corrected chi connectivity index (χ1v) is 5.15. The summed E-state index contributed by atoms with van der Waals surface area (Å²) in [6, 6.07) is 6.63. The Morgan fingerprint density at radius 1 is 1.50 bits per heavy atom. The van der Waals surface area contributed by atoms with Crippen LogP contribution >= 0.6 is 8.03 Å². The fourth-order valence-electron chi connectivity index (χ4n) is 1.05. The van der Waals surface area contributed by atoms with Crippen LogP contribution in [0.2, 0.25) is 0 Å². The van der Waals surface area contributed by atoms with Gasteiger partial charge in [0.2, 0.25) is 5.30 Å². The van der Waals surface area contributed by atoms with E-state index in [-0.39, 0.29) is 5.78 Å². The molecule has 14 heavy (non-hydrogen) atoms. The zero-order valence-electron chi connectivity index (χ0n) is 7.77. The van der Waals surface area contributed by atoms with Gasteiger partial charge in [-0.15, -0.1) is 4.52 Å². The largest absolute Gasteiger partial charge is 0.549 e. The lowest BCUT2D eigenvalue weighted by molar-refractivity contribution is 0.104. The molecule has 0 bridgehead atoms. The van der Waals surface area contributed by atoms with Crippen LogP contribution in [0.25, 0.3) is 0 Å². The maximum Gasteiger partial charge on any atom is 0.549 e. The molecule has 72 valence electrons. The molecule has 0 aromatic heterocycles. The average molecular weight is 209 g/mol. The van der Waals surface area contributed by atoms with E-state index in [9.17, 15) is 9.36 Å². The van der Waals surface area contributed by atoms with Crippen molar-refractivity contribution >= 4 is 19.1 Å². The fourth-order valence-corrected chi connectivity index (χ4v) is 1.84. The minimum Gasteiger partial charge on any atom is -0.289 e. The van der Waals surface area contributed by atoms with Crippen molar-refractivity contribution in [3.63, 3.8) is 0 Å². The van der Waals surface area contributed by atoms with E-state index in [4.69, 9.17) is 4.52 Å². The first-order chi connectivity index (χ1) is 6.70. The van der Waals surface area contributed by atoms with Crippen LogP contribution in [0.15, 0.2) is 36.9 Å². The molecule has 0 heterocycles. The van der Waals surface area contributed by atoms with Crippen molar-refractivity contribution in [3.05, 3.63) is 42.5 Å². The van der Waals surface area contributed by atoms with Crippen molar-refractivity contribution in [1.29, 1.82) is 0 Å². The molecule has 0 saturated carbocycles. The van der Waals surface area contributed by atoms with E-state index >= 15 is 0 Å². The Morgan fingerprint density at radius 2 is 2.14 bits per heavy atom. The van der Waals surface area contributed by atoms with Gasteiger partial charge in [-0.2, -0.15) is 0 Å². The molecule has 0 aliphatic heterocycles. The summed E-state index contributed by atoms with van der Waals surface area (Å²) >= 11 is 0. The van der Waals surface area contributed by atoms with E-state index < -0.39 is 8.03 Å². The molecule has 4 heteroatoms. The van der Waals surface area contributed by atoms with Crippen molar-refractivity contribution in [2.24, 2.45) is 0 Å². The zero-order valence-corrected chi connectivity index (χ0v) is 8.66. The molecule has 0 aliphatic rings. The molecule has 0 aliphatic carbocycles. The van der Waals surface area contributed by atoms with Gasteiger partial charge in [-0.25, -0.2) is 0 Å². The summed E-state index contributed by atoms with van der Waals surface area (Å²) in [4.78, 5) is 11.4. The summed E-state index contributed by atoms with van der Waals surface area (Å²) in [5.41, 5.74) is 0.380. The first kappa shape index (κ1) is 10.8. The molecule has 1 aromatic rings. The number of hydrogen-bond donors (Lipinski definition) is 0.